The predicted octanol–water partition coefficient (Wildman–Crippen LogP) is -0.287. The number of nitrogens with two attached hydrogens (primary N) is 1. The van der Waals surface area contributed by atoms with E-state index in [9.17, 15) is 4.79 Å². The van der Waals surface area contributed by atoms with E-state index in [1.54, 1.807) is 11.1 Å². The van der Waals surface area contributed by atoms with Gasteiger partial charge in [0.05, 0.1) is 6.42 Å². The molecule has 0 aromatic carbocycles. The van der Waals surface area contributed by atoms with E-state index in [-0.39, 0.29) is 11.9 Å². The lowest BCUT2D eigenvalue weighted by Crippen LogP contribution is -2.37. The van der Waals surface area contributed by atoms with Gasteiger partial charge in [-0.1, -0.05) is 0 Å². The largest absolute Gasteiger partial charge is 0.326 e. The molecule has 0 bridgehead atoms. The van der Waals surface area contributed by atoms with Gasteiger partial charge >= 0.3 is 0 Å². The quantitative estimate of drug-likeness (QED) is 0.699. The summed E-state index contributed by atoms with van der Waals surface area (Å²) in [4.78, 5) is 21.2. The van der Waals surface area contributed by atoms with Crippen LogP contribution in [0.4, 0.5) is 5.82 Å². The number of hydrogen-bond acceptors (Lipinski definition) is 4. The van der Waals surface area contributed by atoms with Crippen molar-refractivity contribution in [3.05, 3.63) is 18.1 Å². The minimum absolute atomic E-state index is 0.0418. The predicted molar refractivity (Wildman–Crippen MR) is 51.7 cm³/mol. The molecule has 1 amide bonds. The van der Waals surface area contributed by atoms with Crippen LogP contribution in [0.25, 0.3) is 0 Å². The van der Waals surface area contributed by atoms with Crippen LogP contribution in [0.5, 0.6) is 0 Å². The first-order chi connectivity index (χ1) is 6.68. The third-order valence-electron chi connectivity index (χ3n) is 2.13. The highest BCUT2D eigenvalue weighted by atomic mass is 16.2. The van der Waals surface area contributed by atoms with Gasteiger partial charge in [-0.3, -0.25) is 9.69 Å². The lowest BCUT2D eigenvalue weighted by atomic mass is 10.3. The van der Waals surface area contributed by atoms with Crippen LogP contribution in [-0.4, -0.2) is 28.5 Å². The molecule has 0 saturated heterocycles. The second kappa shape index (κ2) is 3.34. The average Bonchev–Trinajstić information content (AvgIpc) is 2.43. The Labute approximate surface area is 82.0 Å². The first-order valence-electron chi connectivity index (χ1n) is 4.53. The molecular weight excluding hydrogens is 180 g/mol. The normalized spacial score (nSPS) is 17.0. The highest BCUT2D eigenvalue weighted by Gasteiger charge is 2.28. The molecule has 2 rings (SSSR count). The van der Waals surface area contributed by atoms with Crippen LogP contribution in [0, 0.1) is 0 Å². The van der Waals surface area contributed by atoms with Crippen molar-refractivity contribution in [2.24, 2.45) is 5.73 Å². The van der Waals surface area contributed by atoms with Gasteiger partial charge in [-0.2, -0.15) is 0 Å². The molecule has 0 fully saturated rings. The number of carbonyl (C=O) groups is 1. The average molecular weight is 192 g/mol. The topological polar surface area (TPSA) is 72.1 Å². The van der Waals surface area contributed by atoms with Crippen LogP contribution < -0.4 is 10.6 Å². The molecule has 5 heteroatoms. The minimum Gasteiger partial charge on any atom is -0.326 e. The number of hydrogen-bond donors (Lipinski definition) is 1. The molecule has 14 heavy (non-hydrogen) atoms. The van der Waals surface area contributed by atoms with Crippen molar-refractivity contribution in [3.63, 3.8) is 0 Å². The molecule has 5 nitrogen and oxygen atoms in total. The second-order valence-corrected chi connectivity index (χ2v) is 3.53. The van der Waals surface area contributed by atoms with E-state index in [4.69, 9.17) is 5.73 Å². The Morgan fingerprint density at radius 1 is 1.71 bits per heavy atom. The molecule has 2 heterocycles. The van der Waals surface area contributed by atoms with Gasteiger partial charge in [0, 0.05) is 24.3 Å². The fraction of sp³-hybridized carbons (Fsp3) is 0.444. The van der Waals surface area contributed by atoms with Gasteiger partial charge in [0.2, 0.25) is 5.91 Å². The Bertz CT molecular complexity index is 364. The van der Waals surface area contributed by atoms with Gasteiger partial charge in [-0.05, 0) is 6.92 Å². The zero-order valence-electron chi connectivity index (χ0n) is 7.97. The van der Waals surface area contributed by atoms with Gasteiger partial charge < -0.3 is 5.73 Å². The van der Waals surface area contributed by atoms with Crippen LogP contribution in [0.3, 0.4) is 0 Å². The summed E-state index contributed by atoms with van der Waals surface area (Å²) in [5.74, 6) is 0.764. The molecule has 2 N–H and O–H groups in total. The lowest BCUT2D eigenvalue weighted by molar-refractivity contribution is -0.117. The number of nitrogens with zero attached hydrogens (tertiary/aromatic N) is 3. The maximum absolute atomic E-state index is 11.6. The molecular formula is C9H12N4O. The van der Waals surface area contributed by atoms with Crippen LogP contribution in [-0.2, 0) is 11.2 Å². The van der Waals surface area contributed by atoms with Gasteiger partial charge in [-0.15, -0.1) is 0 Å². The summed E-state index contributed by atoms with van der Waals surface area (Å²) in [5, 5.41) is 0. The first-order valence-corrected chi connectivity index (χ1v) is 4.53. The van der Waals surface area contributed by atoms with Gasteiger partial charge in [-0.25, -0.2) is 9.97 Å². The van der Waals surface area contributed by atoms with Gasteiger partial charge in [0.25, 0.3) is 0 Å². The van der Waals surface area contributed by atoms with E-state index >= 15 is 0 Å². The van der Waals surface area contributed by atoms with Gasteiger partial charge in [0.15, 0.2) is 0 Å². The van der Waals surface area contributed by atoms with Crippen LogP contribution >= 0.6 is 0 Å². The molecule has 0 spiro atoms. The molecule has 1 aliphatic rings. The van der Waals surface area contributed by atoms with Crippen molar-refractivity contribution < 1.29 is 4.79 Å². The molecule has 1 aromatic heterocycles. The SMILES string of the molecule is CC(N)CN1C(=O)Cc2cncnc21. The van der Waals surface area contributed by atoms with Crippen molar-refractivity contribution in [3.8, 4) is 0 Å². The number of anilines is 1. The zero-order chi connectivity index (χ0) is 10.1. The fourth-order valence-corrected chi connectivity index (χ4v) is 1.57. The van der Waals surface area contributed by atoms with Crippen LogP contribution in [0.1, 0.15) is 12.5 Å². The van der Waals surface area contributed by atoms with E-state index in [2.05, 4.69) is 9.97 Å². The number of carbonyl (C=O) groups excluding carboxylic acids is 1. The summed E-state index contributed by atoms with van der Waals surface area (Å²) in [6.45, 7) is 2.38. The molecule has 0 aliphatic carbocycles. The van der Waals surface area contributed by atoms with E-state index < -0.39 is 0 Å². The molecule has 0 radical (unpaired) electrons. The van der Waals surface area contributed by atoms with Crippen molar-refractivity contribution in [2.75, 3.05) is 11.4 Å². The number of amides is 1. The van der Waals surface area contributed by atoms with E-state index in [0.29, 0.717) is 18.8 Å². The summed E-state index contributed by atoms with van der Waals surface area (Å²) >= 11 is 0. The first kappa shape index (κ1) is 9.08. The van der Waals surface area contributed by atoms with Gasteiger partial charge in [0.1, 0.15) is 12.1 Å². The summed E-state index contributed by atoms with van der Waals surface area (Å²) in [6.07, 6.45) is 3.52. The second-order valence-electron chi connectivity index (χ2n) is 3.53. The molecule has 0 saturated carbocycles. The van der Waals surface area contributed by atoms with Crippen molar-refractivity contribution in [2.45, 2.75) is 19.4 Å². The highest BCUT2D eigenvalue weighted by molar-refractivity contribution is 6.00. The number of fused-ring (bicyclic) bond motifs is 1. The highest BCUT2D eigenvalue weighted by Crippen LogP contribution is 2.24. The Balaban J connectivity index is 2.30. The third kappa shape index (κ3) is 1.46. The fourth-order valence-electron chi connectivity index (χ4n) is 1.57. The summed E-state index contributed by atoms with van der Waals surface area (Å²) in [6, 6.07) is -0.0418. The Morgan fingerprint density at radius 2 is 2.50 bits per heavy atom. The molecule has 1 atom stereocenters. The zero-order valence-corrected chi connectivity index (χ0v) is 7.97. The van der Waals surface area contributed by atoms with Crippen LogP contribution in [0.2, 0.25) is 0 Å². The maximum atomic E-state index is 11.6. The molecule has 1 aliphatic heterocycles. The van der Waals surface area contributed by atoms with E-state index in [1.165, 1.54) is 6.33 Å². The molecule has 1 aromatic rings. The lowest BCUT2D eigenvalue weighted by Gasteiger charge is -2.17. The van der Waals surface area contributed by atoms with Crippen molar-refractivity contribution in [1.29, 1.82) is 0 Å². The molecule has 74 valence electrons. The van der Waals surface area contributed by atoms with E-state index in [1.807, 2.05) is 6.92 Å². The summed E-state index contributed by atoms with van der Waals surface area (Å²) in [5.41, 5.74) is 6.54. The maximum Gasteiger partial charge on any atom is 0.232 e. The third-order valence-corrected chi connectivity index (χ3v) is 2.13. The standard InChI is InChI=1S/C9H12N4O/c1-6(10)4-13-8(14)2-7-3-11-5-12-9(7)13/h3,5-6H,2,4,10H2,1H3. The van der Waals surface area contributed by atoms with Crippen LogP contribution in [0.15, 0.2) is 12.5 Å². The summed E-state index contributed by atoms with van der Waals surface area (Å²) < 4.78 is 0. The smallest absolute Gasteiger partial charge is 0.232 e. The Kier molecular flexibility index (Phi) is 2.17. The monoisotopic (exact) mass is 192 g/mol. The minimum atomic E-state index is -0.0418. The van der Waals surface area contributed by atoms with E-state index in [0.717, 1.165) is 5.56 Å². The molecule has 1 unspecified atom stereocenters. The Hall–Kier alpha value is -1.49. The van der Waals surface area contributed by atoms with Crippen molar-refractivity contribution in [1.82, 2.24) is 9.97 Å². The Morgan fingerprint density at radius 3 is 3.21 bits per heavy atom. The number of aromatic nitrogens is 2. The van der Waals surface area contributed by atoms with Crippen molar-refractivity contribution >= 4 is 11.7 Å². The summed E-state index contributed by atoms with van der Waals surface area (Å²) in [7, 11) is 0. The number of rotatable bonds is 2.